The molecule has 4 aromatic heterocycles. The molecule has 42 heteroatoms. The molecule has 7 aromatic carbocycles. The van der Waals surface area contributed by atoms with Crippen LogP contribution < -0.4 is 70.2 Å². The lowest BCUT2D eigenvalue weighted by atomic mass is 9.78. The molecule has 1 aliphatic heterocycles. The quantitative estimate of drug-likeness (QED) is 0.0130. The van der Waals surface area contributed by atoms with Gasteiger partial charge in [0.05, 0.1) is 119 Å². The number of nitrogen functional groups attached to an aromatic ring is 1. The number of anilines is 4. The molecule has 0 bridgehead atoms. The zero-order valence-electron chi connectivity index (χ0n) is 62.8. The van der Waals surface area contributed by atoms with Gasteiger partial charge in [0.2, 0.25) is 0 Å². The summed E-state index contributed by atoms with van der Waals surface area (Å²) in [5.74, 6) is 5.29. The molecule has 0 radical (unpaired) electrons. The van der Waals surface area contributed by atoms with Crippen LogP contribution in [0.3, 0.4) is 0 Å². The van der Waals surface area contributed by atoms with E-state index in [0.717, 1.165) is 42.5 Å². The molecule has 0 saturated carbocycles. The second kappa shape index (κ2) is 40.3. The smallest absolute Gasteiger partial charge is 0.495 e. The summed E-state index contributed by atoms with van der Waals surface area (Å²) in [4.78, 5) is 10.7. The van der Waals surface area contributed by atoms with Crippen molar-refractivity contribution in [2.24, 2.45) is 11.7 Å². The number of hydrogen-bond donors (Lipinski definition) is 7. The van der Waals surface area contributed by atoms with Crippen molar-refractivity contribution in [2.45, 2.75) is 53.6 Å². The fraction of sp³-hybridized carbons (Fsp3) is 0.176. The molecule has 1 fully saturated rings. The van der Waals surface area contributed by atoms with Gasteiger partial charge in [-0.05, 0) is 170 Å². The number of aromatic nitrogens is 5. The van der Waals surface area contributed by atoms with Crippen LogP contribution >= 0.6 is 31.9 Å². The van der Waals surface area contributed by atoms with Crippen molar-refractivity contribution in [3.63, 3.8) is 0 Å². The molecule has 1 saturated heterocycles. The van der Waals surface area contributed by atoms with E-state index in [9.17, 15) is 51.6 Å². The number of halogens is 8. The van der Waals surface area contributed by atoms with E-state index in [4.69, 9.17) is 64.0 Å². The summed E-state index contributed by atoms with van der Waals surface area (Å²) in [6.45, 7) is 7.68. The van der Waals surface area contributed by atoms with Crippen LogP contribution in [0.1, 0.15) is 44.4 Å². The third kappa shape index (κ3) is 22.7. The van der Waals surface area contributed by atoms with Gasteiger partial charge in [0.15, 0.2) is 5.82 Å². The predicted molar refractivity (Wildman–Crippen MR) is 425 cm³/mol. The molecule has 0 atom stereocenters. The number of aromatic amines is 1. The molecule has 1 aliphatic rings. The summed E-state index contributed by atoms with van der Waals surface area (Å²) < 4.78 is 212. The summed E-state index contributed by atoms with van der Waals surface area (Å²) >= 11 is 6.22. The van der Waals surface area contributed by atoms with Gasteiger partial charge >= 0.3 is 7.12 Å². The van der Waals surface area contributed by atoms with Gasteiger partial charge in [0, 0.05) is 33.8 Å². The number of fused-ring (bicyclic) bond motifs is 1. The average molecular weight is 1790 g/mol. The molecular weight excluding hydrogens is 1720 g/mol. The molecule has 12 N–H and O–H groups in total. The summed E-state index contributed by atoms with van der Waals surface area (Å²) in [6.07, 6.45) is 3.86. The first-order valence-electron chi connectivity index (χ1n) is 32.6. The first kappa shape index (κ1) is 92.9. The molecule has 0 unspecified atom stereocenters. The number of hydrogen-bond acceptors (Lipinski definition) is 25. The van der Waals surface area contributed by atoms with Gasteiger partial charge < -0.3 is 53.7 Å². The molecule has 116 heavy (non-hydrogen) atoms. The highest BCUT2D eigenvalue weighted by molar-refractivity contribution is 9.10. The number of rotatable bonds is 19. The normalized spacial score (nSPS) is 12.2. The third-order valence-electron chi connectivity index (χ3n) is 16.4. The van der Waals surface area contributed by atoms with Gasteiger partial charge in [-0.2, -0.15) is 20.9 Å². The lowest BCUT2D eigenvalue weighted by molar-refractivity contribution is 0.00578. The highest BCUT2D eigenvalue weighted by Crippen LogP contribution is 2.39. The van der Waals surface area contributed by atoms with Crippen LogP contribution in [0.5, 0.6) is 40.2 Å². The Morgan fingerprint density at radius 2 is 0.819 bits per heavy atom. The SMILES string of the molecule is COc1cc(B2OC(C)(C)C(C)(C)O2)cc(F)c1C#N.COc1cc(Br)cc(F)c1C#N.COc1ccc(F)c(S(=O)(=O)Nc2ccc(-c3cc(F)c(C#N)c(OC)c3)nc2)c1.COc1ccc(F)c(S(=O)(=O)Nc2ccc(-c3cc(OC)c4c(N)n[nH]c4c3)nc2)c1.COc1ccc(F)c(S(=O)(=O)Nc2ccc(Br)nc2)c1.NN.O. The molecule has 0 aliphatic carbocycles. The van der Waals surface area contributed by atoms with Crippen molar-refractivity contribution in [2.75, 3.05) is 69.7 Å². The molecule has 0 amide bonds. The van der Waals surface area contributed by atoms with E-state index in [1.165, 1.54) is 129 Å². The maximum atomic E-state index is 14.1. The van der Waals surface area contributed by atoms with E-state index < -0.39 is 98.0 Å². The largest absolute Gasteiger partial charge is 0.497 e. The fourth-order valence-corrected chi connectivity index (χ4v) is 14.1. The number of nitrogens with zero attached hydrogens (tertiary/aromatic N) is 7. The summed E-state index contributed by atoms with van der Waals surface area (Å²) in [5.41, 5.74) is 7.99. The van der Waals surface area contributed by atoms with Gasteiger partial charge in [-0.1, -0.05) is 15.9 Å². The topological polar surface area (TPSA) is 470 Å². The van der Waals surface area contributed by atoms with E-state index in [2.05, 4.69) is 82.9 Å². The van der Waals surface area contributed by atoms with E-state index in [-0.39, 0.29) is 73.7 Å². The number of nitrogens with two attached hydrogens (primary N) is 3. The van der Waals surface area contributed by atoms with Gasteiger partial charge in [-0.15, -0.1) is 0 Å². The highest BCUT2D eigenvalue weighted by Gasteiger charge is 2.52. The Kier molecular flexibility index (Phi) is 32.3. The van der Waals surface area contributed by atoms with E-state index >= 15 is 0 Å². The van der Waals surface area contributed by atoms with Crippen molar-refractivity contribution in [3.05, 3.63) is 219 Å². The maximum Gasteiger partial charge on any atom is 0.495 e. The summed E-state index contributed by atoms with van der Waals surface area (Å²) in [6, 6.07) is 36.3. The number of nitriles is 3. The first-order valence-corrected chi connectivity index (χ1v) is 38.6. The summed E-state index contributed by atoms with van der Waals surface area (Å²) in [5, 5.41) is 33.9. The lowest BCUT2D eigenvalue weighted by Crippen LogP contribution is -2.41. The minimum Gasteiger partial charge on any atom is -0.497 e. The average Bonchev–Trinajstić information content (AvgIpc) is 1.51. The zero-order chi connectivity index (χ0) is 85.1. The number of ether oxygens (including phenoxy) is 7. The number of hydrazine groups is 1. The van der Waals surface area contributed by atoms with Gasteiger partial charge in [-0.3, -0.25) is 40.9 Å². The van der Waals surface area contributed by atoms with Crippen LogP contribution in [0, 0.1) is 68.9 Å². The minimum absolute atomic E-state index is 0. The Morgan fingerprint density at radius 3 is 1.19 bits per heavy atom. The number of nitrogens with one attached hydrogen (secondary N) is 4. The number of sulfonamides is 3. The molecule has 11 aromatic rings. The number of benzene rings is 7. The Labute approximate surface area is 679 Å². The van der Waals surface area contributed by atoms with Crippen LogP contribution in [0.2, 0.25) is 0 Å². The molecule has 12 rings (SSSR count). The monoisotopic (exact) mass is 1790 g/mol. The van der Waals surface area contributed by atoms with Crippen LogP contribution in [0.25, 0.3) is 33.4 Å². The van der Waals surface area contributed by atoms with E-state index in [0.29, 0.717) is 59.5 Å². The van der Waals surface area contributed by atoms with Crippen LogP contribution in [0.15, 0.2) is 182 Å². The molecular formula is C74H71BBr2F6N14O16S3. The maximum absolute atomic E-state index is 14.1. The highest BCUT2D eigenvalue weighted by atomic mass is 79.9. The molecule has 30 nitrogen and oxygen atoms in total. The molecule has 610 valence electrons. The van der Waals surface area contributed by atoms with Crippen LogP contribution in [-0.2, 0) is 39.4 Å². The molecule has 5 heterocycles. The van der Waals surface area contributed by atoms with Crippen LogP contribution in [0.4, 0.5) is 49.2 Å². The van der Waals surface area contributed by atoms with Gasteiger partial charge in [0.25, 0.3) is 30.1 Å². The van der Waals surface area contributed by atoms with Crippen molar-refractivity contribution >= 4 is 108 Å². The third-order valence-corrected chi connectivity index (χ3v) is 21.5. The Hall–Kier alpha value is -12.0. The van der Waals surface area contributed by atoms with Crippen molar-refractivity contribution in [3.8, 4) is 81.0 Å². The molecule has 0 spiro atoms. The number of pyridine rings is 3. The predicted octanol–water partition coefficient (Wildman–Crippen LogP) is 12.1. The zero-order valence-corrected chi connectivity index (χ0v) is 68.4. The van der Waals surface area contributed by atoms with Crippen molar-refractivity contribution < 1.29 is 99.5 Å². The lowest BCUT2D eigenvalue weighted by Gasteiger charge is -2.32. The fourth-order valence-electron chi connectivity index (χ4n) is 10.0. The van der Waals surface area contributed by atoms with E-state index in [1.54, 1.807) is 54.6 Å². The summed E-state index contributed by atoms with van der Waals surface area (Å²) in [7, 11) is -3.48. The number of methoxy groups -OCH3 is 7. The Morgan fingerprint density at radius 1 is 0.457 bits per heavy atom. The number of H-pyrrole nitrogens is 1. The second-order valence-electron chi connectivity index (χ2n) is 24.2. The van der Waals surface area contributed by atoms with Gasteiger partial charge in [0.1, 0.15) is 129 Å². The Bertz CT molecular complexity index is 5830. The van der Waals surface area contributed by atoms with Crippen LogP contribution in [-0.4, -0.2) is 124 Å². The van der Waals surface area contributed by atoms with Gasteiger partial charge in [-0.25, -0.2) is 56.6 Å². The van der Waals surface area contributed by atoms with E-state index in [1.807, 2.05) is 27.7 Å². The first-order chi connectivity index (χ1) is 54.4. The minimum atomic E-state index is -4.24. The standard InChI is InChI=1S/C20H15F2N3O4S.C20H18FN5O4S.C14H17BFNO3.C12H10BrFN2O3S.C8H5BrFNO.H4N2.H2O/c1-28-14-4-5-16(21)20(9-14)30(26,27)25-13-3-6-18(24-11-13)12-7-17(22)15(10-23)19(8-12)29-2;1-29-13-4-5-14(21)18(9-13)31(27,28)26-12-3-6-15(23-10-12)11-7-16-19(17(8-11)30-2)20(22)25-24-16;1-13(2)14(3,4)20-15(19-13)9-6-11(16)10(8-17)12(7-9)18-5;1-19-9-3-4-10(14)11(6-9)20(17,18)16-8-2-5-12(13)15-7-8;1-12-8-3-5(9)2-7(10)6(8)4-11;1-2;/h3-9,11,25H,1-2H3;3-10,26H,1-2H3,(H3,22,24,25);6-7H,1-5H3;2-7,16H,1H3;2-3H,1H3;1-2H2;1H2. The second-order valence-corrected chi connectivity index (χ2v) is 30.8. The van der Waals surface area contributed by atoms with Crippen molar-refractivity contribution in [1.82, 2.24) is 25.1 Å². The Balaban J connectivity index is 0.000000231. The van der Waals surface area contributed by atoms with Crippen molar-refractivity contribution in [1.29, 1.82) is 15.8 Å².